The second kappa shape index (κ2) is 7.05. The van der Waals surface area contributed by atoms with Gasteiger partial charge in [-0.05, 0) is 73.6 Å². The first-order chi connectivity index (χ1) is 11.1. The molecule has 0 aromatic heterocycles. The van der Waals surface area contributed by atoms with Crippen LogP contribution in [0.25, 0.3) is 0 Å². The number of fused-ring (bicyclic) bond motifs is 1. The van der Waals surface area contributed by atoms with Crippen LogP contribution in [0.15, 0.2) is 36.4 Å². The molecule has 2 aromatic carbocycles. The molecule has 1 amide bonds. The zero-order chi connectivity index (χ0) is 16.2. The summed E-state index contributed by atoms with van der Waals surface area (Å²) in [7, 11) is 0. The third kappa shape index (κ3) is 4.05. The van der Waals surface area contributed by atoms with Crippen LogP contribution in [0.4, 0.5) is 5.69 Å². The molecule has 3 nitrogen and oxygen atoms in total. The molecule has 2 aromatic rings. The van der Waals surface area contributed by atoms with Crippen molar-refractivity contribution in [1.29, 1.82) is 0 Å². The van der Waals surface area contributed by atoms with Gasteiger partial charge < -0.3 is 10.1 Å². The van der Waals surface area contributed by atoms with E-state index in [4.69, 9.17) is 16.3 Å². The summed E-state index contributed by atoms with van der Waals surface area (Å²) in [5.74, 6) is 0.566. The van der Waals surface area contributed by atoms with E-state index < -0.39 is 0 Å². The summed E-state index contributed by atoms with van der Waals surface area (Å²) in [6.07, 6.45) is 4.73. The minimum Gasteiger partial charge on any atom is -0.484 e. The van der Waals surface area contributed by atoms with Crippen LogP contribution in [0, 0.1) is 6.92 Å². The number of rotatable bonds is 4. The van der Waals surface area contributed by atoms with Crippen molar-refractivity contribution in [2.75, 3.05) is 11.9 Å². The maximum Gasteiger partial charge on any atom is 0.262 e. The molecule has 0 fully saturated rings. The molecule has 1 N–H and O–H groups in total. The second-order valence-corrected chi connectivity index (χ2v) is 6.37. The van der Waals surface area contributed by atoms with E-state index in [1.807, 2.05) is 19.1 Å². The number of carbonyl (C=O) groups excluding carboxylic acids is 1. The largest absolute Gasteiger partial charge is 0.484 e. The number of halogens is 1. The molecule has 0 saturated heterocycles. The summed E-state index contributed by atoms with van der Waals surface area (Å²) in [4.78, 5) is 12.1. The molecule has 120 valence electrons. The van der Waals surface area contributed by atoms with E-state index in [0.29, 0.717) is 5.02 Å². The van der Waals surface area contributed by atoms with Gasteiger partial charge in [-0.2, -0.15) is 0 Å². The van der Waals surface area contributed by atoms with Gasteiger partial charge in [0.2, 0.25) is 0 Å². The highest BCUT2D eigenvalue weighted by Crippen LogP contribution is 2.25. The number of benzene rings is 2. The number of hydrogen-bond donors (Lipinski definition) is 1. The molecule has 0 aliphatic heterocycles. The lowest BCUT2D eigenvalue weighted by Gasteiger charge is -2.16. The predicted molar refractivity (Wildman–Crippen MR) is 93.4 cm³/mol. The fraction of sp³-hybridized carbons (Fsp3) is 0.316. The van der Waals surface area contributed by atoms with E-state index in [2.05, 4.69) is 17.4 Å². The highest BCUT2D eigenvalue weighted by Gasteiger charge is 2.11. The molecule has 0 heterocycles. The molecule has 1 aliphatic rings. The maximum atomic E-state index is 12.1. The third-order valence-electron chi connectivity index (χ3n) is 4.16. The summed E-state index contributed by atoms with van der Waals surface area (Å²) in [6.45, 7) is 1.92. The topological polar surface area (TPSA) is 38.3 Å². The van der Waals surface area contributed by atoms with Crippen LogP contribution in [0.1, 0.15) is 29.5 Å². The van der Waals surface area contributed by atoms with E-state index >= 15 is 0 Å². The molecule has 23 heavy (non-hydrogen) atoms. The van der Waals surface area contributed by atoms with Crippen molar-refractivity contribution in [2.45, 2.75) is 32.6 Å². The van der Waals surface area contributed by atoms with Crippen LogP contribution in [-0.4, -0.2) is 12.5 Å². The number of amides is 1. The fourth-order valence-electron chi connectivity index (χ4n) is 2.86. The van der Waals surface area contributed by atoms with Crippen molar-refractivity contribution < 1.29 is 9.53 Å². The average molecular weight is 330 g/mol. The second-order valence-electron chi connectivity index (χ2n) is 5.93. The van der Waals surface area contributed by atoms with Gasteiger partial charge in [0.25, 0.3) is 5.91 Å². The maximum absolute atomic E-state index is 12.1. The quantitative estimate of drug-likeness (QED) is 0.894. The molecule has 0 unspecified atom stereocenters. The minimum absolute atomic E-state index is 0.00919. The van der Waals surface area contributed by atoms with Crippen molar-refractivity contribution in [2.24, 2.45) is 0 Å². The molecule has 4 heteroatoms. The van der Waals surface area contributed by atoms with Crippen LogP contribution in [-0.2, 0) is 17.6 Å². The standard InChI is InChI=1S/C19H20ClNO2/c1-13-6-8-16(20)11-18(13)21-19(22)12-23-17-9-7-14-4-2-3-5-15(14)10-17/h6-11H,2-5,12H2,1H3,(H,21,22). The zero-order valence-corrected chi connectivity index (χ0v) is 14.0. The molecule has 0 atom stereocenters. The summed E-state index contributed by atoms with van der Waals surface area (Å²) in [6, 6.07) is 11.5. The molecule has 1 aliphatic carbocycles. The Balaban J connectivity index is 1.59. The highest BCUT2D eigenvalue weighted by atomic mass is 35.5. The van der Waals surface area contributed by atoms with Crippen LogP contribution >= 0.6 is 11.6 Å². The summed E-state index contributed by atoms with van der Waals surface area (Å²) < 4.78 is 5.63. The Labute approximate surface area is 141 Å². The zero-order valence-electron chi connectivity index (χ0n) is 13.2. The highest BCUT2D eigenvalue weighted by molar-refractivity contribution is 6.31. The van der Waals surface area contributed by atoms with Gasteiger partial charge in [-0.25, -0.2) is 0 Å². The first-order valence-electron chi connectivity index (χ1n) is 7.92. The van der Waals surface area contributed by atoms with E-state index in [-0.39, 0.29) is 12.5 Å². The van der Waals surface area contributed by atoms with Gasteiger partial charge >= 0.3 is 0 Å². The van der Waals surface area contributed by atoms with Gasteiger partial charge in [-0.1, -0.05) is 23.7 Å². The Morgan fingerprint density at radius 1 is 1.13 bits per heavy atom. The lowest BCUT2D eigenvalue weighted by Crippen LogP contribution is -2.20. The van der Waals surface area contributed by atoms with Gasteiger partial charge in [-0.15, -0.1) is 0 Å². The number of carbonyl (C=O) groups is 1. The molecular weight excluding hydrogens is 310 g/mol. The monoisotopic (exact) mass is 329 g/mol. The van der Waals surface area contributed by atoms with Gasteiger partial charge in [0.05, 0.1) is 0 Å². The Hall–Kier alpha value is -2.00. The van der Waals surface area contributed by atoms with Crippen molar-refractivity contribution >= 4 is 23.2 Å². The molecule has 3 rings (SSSR count). The third-order valence-corrected chi connectivity index (χ3v) is 4.40. The van der Waals surface area contributed by atoms with Crippen LogP contribution in [0.3, 0.4) is 0 Å². The Kier molecular flexibility index (Phi) is 4.87. The average Bonchev–Trinajstić information content (AvgIpc) is 2.56. The summed E-state index contributed by atoms with van der Waals surface area (Å²) in [5.41, 5.74) is 4.44. The normalized spacial score (nSPS) is 13.3. The molecule has 0 saturated carbocycles. The van der Waals surface area contributed by atoms with E-state index in [0.717, 1.165) is 29.8 Å². The van der Waals surface area contributed by atoms with Gasteiger partial charge in [0.1, 0.15) is 5.75 Å². The number of nitrogens with one attached hydrogen (secondary N) is 1. The SMILES string of the molecule is Cc1ccc(Cl)cc1NC(=O)COc1ccc2c(c1)CCCC2. The lowest BCUT2D eigenvalue weighted by atomic mass is 9.92. The van der Waals surface area contributed by atoms with Gasteiger partial charge in [0, 0.05) is 10.7 Å². The molecule has 0 spiro atoms. The predicted octanol–water partition coefficient (Wildman–Crippen LogP) is 4.54. The lowest BCUT2D eigenvalue weighted by molar-refractivity contribution is -0.118. The van der Waals surface area contributed by atoms with Gasteiger partial charge in [0.15, 0.2) is 6.61 Å². The first kappa shape index (κ1) is 15.9. The van der Waals surface area contributed by atoms with Gasteiger partial charge in [-0.3, -0.25) is 4.79 Å². The van der Waals surface area contributed by atoms with E-state index in [1.165, 1.54) is 24.0 Å². The van der Waals surface area contributed by atoms with E-state index in [9.17, 15) is 4.79 Å². The number of aryl methyl sites for hydroxylation is 3. The summed E-state index contributed by atoms with van der Waals surface area (Å²) in [5, 5.41) is 3.43. The fourth-order valence-corrected chi connectivity index (χ4v) is 3.04. The Bertz CT molecular complexity index is 727. The van der Waals surface area contributed by atoms with Crippen molar-refractivity contribution in [3.8, 4) is 5.75 Å². The summed E-state index contributed by atoms with van der Waals surface area (Å²) >= 11 is 5.96. The number of ether oxygens (including phenoxy) is 1. The Morgan fingerprint density at radius 3 is 2.74 bits per heavy atom. The number of hydrogen-bond acceptors (Lipinski definition) is 2. The first-order valence-corrected chi connectivity index (χ1v) is 8.30. The smallest absolute Gasteiger partial charge is 0.262 e. The molecule has 0 radical (unpaired) electrons. The number of anilines is 1. The molecule has 0 bridgehead atoms. The molecular formula is C19H20ClNO2. The van der Waals surface area contributed by atoms with Crippen LogP contribution in [0.2, 0.25) is 5.02 Å². The van der Waals surface area contributed by atoms with E-state index in [1.54, 1.807) is 12.1 Å². The van der Waals surface area contributed by atoms with Crippen LogP contribution < -0.4 is 10.1 Å². The van der Waals surface area contributed by atoms with Crippen molar-refractivity contribution in [3.63, 3.8) is 0 Å². The Morgan fingerprint density at radius 2 is 1.91 bits per heavy atom. The van der Waals surface area contributed by atoms with Crippen molar-refractivity contribution in [3.05, 3.63) is 58.1 Å². The van der Waals surface area contributed by atoms with Crippen molar-refractivity contribution in [1.82, 2.24) is 0 Å². The minimum atomic E-state index is -0.187. The van der Waals surface area contributed by atoms with Crippen LogP contribution in [0.5, 0.6) is 5.75 Å².